The van der Waals surface area contributed by atoms with Gasteiger partial charge in [0.15, 0.2) is 5.96 Å². The summed E-state index contributed by atoms with van der Waals surface area (Å²) in [6, 6.07) is 8.38. The zero-order valence-electron chi connectivity index (χ0n) is 18.5. The van der Waals surface area contributed by atoms with Gasteiger partial charge in [-0.15, -0.1) is 0 Å². The predicted octanol–water partition coefficient (Wildman–Crippen LogP) is 3.53. The number of nitrogens with zero attached hydrogens (tertiary/aromatic N) is 4. The highest BCUT2D eigenvalue weighted by molar-refractivity contribution is 5.92. The number of nitrogens with one attached hydrogen (secondary N) is 2. The van der Waals surface area contributed by atoms with Crippen LogP contribution in [0.5, 0.6) is 0 Å². The van der Waals surface area contributed by atoms with Crippen LogP contribution in [0.15, 0.2) is 48.0 Å². The van der Waals surface area contributed by atoms with E-state index in [0.717, 1.165) is 43.1 Å². The first-order chi connectivity index (χ1) is 14.5. The van der Waals surface area contributed by atoms with Crippen molar-refractivity contribution in [3.63, 3.8) is 0 Å². The maximum atomic E-state index is 12.2. The molecule has 0 spiro atoms. The monoisotopic (exact) mass is 410 g/mol. The standard InChI is InChI=1S/C23H34N6O/c1-5-17(2)22(30)27-20-8-6-7-19(13-20)14-26-23(24-4)28-11-9-18(3)21(15-28)29-12-10-25-16-29/h6-8,10,12-13,16-18,21H,5,9,11,14-15H2,1-4H3,(H,24,26)(H,27,30). The Kier molecular flexibility index (Phi) is 7.49. The van der Waals surface area contributed by atoms with Crippen molar-refractivity contribution in [2.75, 3.05) is 25.5 Å². The van der Waals surface area contributed by atoms with E-state index >= 15 is 0 Å². The molecule has 3 rings (SSSR count). The number of benzene rings is 1. The molecule has 162 valence electrons. The van der Waals surface area contributed by atoms with E-state index in [1.807, 2.05) is 57.8 Å². The largest absolute Gasteiger partial charge is 0.352 e. The molecule has 1 amide bonds. The normalized spacial score (nSPS) is 20.7. The van der Waals surface area contributed by atoms with Gasteiger partial charge in [-0.25, -0.2) is 4.98 Å². The number of rotatable bonds is 6. The van der Waals surface area contributed by atoms with Crippen LogP contribution in [-0.4, -0.2) is 46.5 Å². The van der Waals surface area contributed by atoms with E-state index in [0.29, 0.717) is 18.5 Å². The number of guanidine groups is 1. The van der Waals surface area contributed by atoms with E-state index in [1.165, 1.54) is 0 Å². The first-order valence-corrected chi connectivity index (χ1v) is 10.8. The third kappa shape index (κ3) is 5.40. The third-order valence-electron chi connectivity index (χ3n) is 6.04. The molecule has 0 bridgehead atoms. The van der Waals surface area contributed by atoms with Gasteiger partial charge in [0.25, 0.3) is 0 Å². The van der Waals surface area contributed by atoms with Crippen LogP contribution in [0.2, 0.25) is 0 Å². The van der Waals surface area contributed by atoms with E-state index in [9.17, 15) is 4.79 Å². The Bertz CT molecular complexity index is 847. The second kappa shape index (κ2) is 10.3. The molecular formula is C23H34N6O. The summed E-state index contributed by atoms with van der Waals surface area (Å²) in [5, 5.41) is 6.50. The van der Waals surface area contributed by atoms with Crippen LogP contribution in [0.4, 0.5) is 5.69 Å². The van der Waals surface area contributed by atoms with E-state index < -0.39 is 0 Å². The minimum absolute atomic E-state index is 0.00976. The number of carbonyl (C=O) groups excluding carboxylic acids is 1. The van der Waals surface area contributed by atoms with E-state index in [-0.39, 0.29) is 11.8 Å². The molecule has 3 unspecified atom stereocenters. The zero-order valence-corrected chi connectivity index (χ0v) is 18.5. The Labute approximate surface area is 179 Å². The van der Waals surface area contributed by atoms with Crippen LogP contribution >= 0.6 is 0 Å². The van der Waals surface area contributed by atoms with Gasteiger partial charge in [0.05, 0.1) is 12.4 Å². The number of aliphatic imine (C=N–C) groups is 1. The second-order valence-corrected chi connectivity index (χ2v) is 8.19. The minimum Gasteiger partial charge on any atom is -0.352 e. The molecule has 30 heavy (non-hydrogen) atoms. The van der Waals surface area contributed by atoms with Gasteiger partial charge in [-0.1, -0.05) is 32.9 Å². The second-order valence-electron chi connectivity index (χ2n) is 8.19. The molecule has 1 aromatic heterocycles. The molecule has 0 saturated carbocycles. The average Bonchev–Trinajstić information content (AvgIpc) is 3.29. The Hall–Kier alpha value is -2.83. The summed E-state index contributed by atoms with van der Waals surface area (Å²) in [7, 11) is 1.83. The van der Waals surface area contributed by atoms with Gasteiger partial charge in [0.2, 0.25) is 5.91 Å². The summed E-state index contributed by atoms with van der Waals surface area (Å²) in [6.45, 7) is 8.81. The molecule has 7 nitrogen and oxygen atoms in total. The molecule has 3 atom stereocenters. The lowest BCUT2D eigenvalue weighted by Crippen LogP contribution is -2.48. The molecule has 0 radical (unpaired) electrons. The zero-order chi connectivity index (χ0) is 21.5. The predicted molar refractivity (Wildman–Crippen MR) is 121 cm³/mol. The summed E-state index contributed by atoms with van der Waals surface area (Å²) in [4.78, 5) is 23.2. The summed E-state index contributed by atoms with van der Waals surface area (Å²) in [6.07, 6.45) is 7.73. The molecule has 7 heteroatoms. The van der Waals surface area contributed by atoms with Gasteiger partial charge in [-0.2, -0.15) is 0 Å². The van der Waals surface area contributed by atoms with Crippen LogP contribution in [0.3, 0.4) is 0 Å². The Morgan fingerprint density at radius 2 is 2.23 bits per heavy atom. The minimum atomic E-state index is 0.00976. The molecule has 2 N–H and O–H groups in total. The highest BCUT2D eigenvalue weighted by Crippen LogP contribution is 2.27. The van der Waals surface area contributed by atoms with Crippen molar-refractivity contribution in [3.05, 3.63) is 48.5 Å². The Balaban J connectivity index is 1.60. The van der Waals surface area contributed by atoms with Gasteiger partial charge >= 0.3 is 0 Å². The molecular weight excluding hydrogens is 376 g/mol. The third-order valence-corrected chi connectivity index (χ3v) is 6.04. The highest BCUT2D eigenvalue weighted by Gasteiger charge is 2.28. The lowest BCUT2D eigenvalue weighted by Gasteiger charge is -2.39. The number of likely N-dealkylation sites (tertiary alicyclic amines) is 1. The molecule has 1 aliphatic heterocycles. The van der Waals surface area contributed by atoms with E-state index in [4.69, 9.17) is 0 Å². The van der Waals surface area contributed by atoms with E-state index in [1.54, 1.807) is 0 Å². The quantitative estimate of drug-likeness (QED) is 0.564. The van der Waals surface area contributed by atoms with Crippen molar-refractivity contribution < 1.29 is 4.79 Å². The maximum absolute atomic E-state index is 12.2. The number of amides is 1. The van der Waals surface area contributed by atoms with Gasteiger partial charge in [-0.05, 0) is 36.5 Å². The fourth-order valence-electron chi connectivity index (χ4n) is 3.82. The molecule has 2 heterocycles. The fraction of sp³-hybridized carbons (Fsp3) is 0.522. The summed E-state index contributed by atoms with van der Waals surface area (Å²) >= 11 is 0. The van der Waals surface area contributed by atoms with Crippen LogP contribution in [-0.2, 0) is 11.3 Å². The molecule has 1 fully saturated rings. The molecule has 1 saturated heterocycles. The Morgan fingerprint density at radius 3 is 2.93 bits per heavy atom. The fourth-order valence-corrected chi connectivity index (χ4v) is 3.82. The maximum Gasteiger partial charge on any atom is 0.227 e. The van der Waals surface area contributed by atoms with Crippen molar-refractivity contribution in [2.45, 2.75) is 46.2 Å². The van der Waals surface area contributed by atoms with Crippen molar-refractivity contribution >= 4 is 17.6 Å². The number of hydrogen-bond donors (Lipinski definition) is 2. The van der Waals surface area contributed by atoms with Gasteiger partial charge in [-0.3, -0.25) is 9.79 Å². The number of carbonyl (C=O) groups is 1. The van der Waals surface area contributed by atoms with Crippen LogP contribution in [0, 0.1) is 11.8 Å². The first-order valence-electron chi connectivity index (χ1n) is 10.8. The number of aromatic nitrogens is 2. The van der Waals surface area contributed by atoms with Crippen molar-refractivity contribution in [3.8, 4) is 0 Å². The van der Waals surface area contributed by atoms with Crippen molar-refractivity contribution in [1.29, 1.82) is 0 Å². The molecule has 1 aliphatic rings. The summed E-state index contributed by atoms with van der Waals surface area (Å²) in [5.41, 5.74) is 1.94. The van der Waals surface area contributed by atoms with Gasteiger partial charge < -0.3 is 20.1 Å². The molecule has 1 aromatic carbocycles. The van der Waals surface area contributed by atoms with Crippen LogP contribution in [0.1, 0.15) is 45.2 Å². The average molecular weight is 411 g/mol. The number of piperidine rings is 1. The number of imidazole rings is 1. The SMILES string of the molecule is CCC(C)C(=O)Nc1cccc(CNC(=NC)N2CCC(C)C(n3ccnc3)C2)c1. The number of anilines is 1. The Morgan fingerprint density at radius 1 is 1.40 bits per heavy atom. The van der Waals surface area contributed by atoms with Gasteiger partial charge in [0.1, 0.15) is 0 Å². The lowest BCUT2D eigenvalue weighted by molar-refractivity contribution is -0.119. The van der Waals surface area contributed by atoms with E-state index in [2.05, 4.69) is 43.1 Å². The molecule has 2 aromatic rings. The van der Waals surface area contributed by atoms with Crippen molar-refractivity contribution in [1.82, 2.24) is 19.8 Å². The smallest absolute Gasteiger partial charge is 0.227 e. The number of hydrogen-bond acceptors (Lipinski definition) is 3. The topological polar surface area (TPSA) is 74.6 Å². The summed E-state index contributed by atoms with van der Waals surface area (Å²) < 4.78 is 2.20. The lowest BCUT2D eigenvalue weighted by atomic mass is 9.93. The van der Waals surface area contributed by atoms with Crippen LogP contribution in [0.25, 0.3) is 0 Å². The molecule has 0 aliphatic carbocycles. The van der Waals surface area contributed by atoms with Gasteiger partial charge in [0, 0.05) is 50.7 Å². The van der Waals surface area contributed by atoms with Crippen LogP contribution < -0.4 is 10.6 Å². The van der Waals surface area contributed by atoms with Crippen molar-refractivity contribution in [2.24, 2.45) is 16.8 Å². The summed E-state index contributed by atoms with van der Waals surface area (Å²) in [5.74, 6) is 1.57. The first kappa shape index (κ1) is 21.9. The highest BCUT2D eigenvalue weighted by atomic mass is 16.1.